The molecule has 0 saturated heterocycles. The lowest BCUT2D eigenvalue weighted by Crippen LogP contribution is -2.26. The third kappa shape index (κ3) is 2.97. The highest BCUT2D eigenvalue weighted by molar-refractivity contribution is 5.88. The van der Waals surface area contributed by atoms with Crippen molar-refractivity contribution in [1.82, 2.24) is 9.47 Å². The highest BCUT2D eigenvalue weighted by atomic mass is 35.5. The minimum Gasteiger partial charge on any atom is -0.320 e. The first kappa shape index (κ1) is 16.7. The summed E-state index contributed by atoms with van der Waals surface area (Å²) >= 11 is 0. The molecular weight excluding hydrogens is 323 g/mol. The van der Waals surface area contributed by atoms with Gasteiger partial charge in [0.25, 0.3) is 0 Å². The van der Waals surface area contributed by atoms with E-state index in [4.69, 9.17) is 0 Å². The number of halogens is 2. The summed E-state index contributed by atoms with van der Waals surface area (Å²) in [6, 6.07) is 15.4. The van der Waals surface area contributed by atoms with Crippen molar-refractivity contribution in [3.63, 3.8) is 0 Å². The van der Waals surface area contributed by atoms with Crippen molar-refractivity contribution in [3.05, 3.63) is 71.2 Å². The molecule has 0 unspecified atom stereocenters. The zero-order chi connectivity index (χ0) is 15.8. The quantitative estimate of drug-likeness (QED) is 0.648. The Kier molecular flexibility index (Phi) is 4.74. The van der Waals surface area contributed by atoms with Crippen LogP contribution in [0, 0.1) is 5.82 Å². The number of fused-ring (bicyclic) bond motifs is 3. The molecule has 1 aliphatic heterocycles. The number of nitrogens with zero attached hydrogens (tertiary/aromatic N) is 2. The Hall–Kier alpha value is -2.10. The van der Waals surface area contributed by atoms with Crippen molar-refractivity contribution >= 4 is 35.6 Å². The average molecular weight is 343 g/mol. The Morgan fingerprint density at radius 3 is 2.67 bits per heavy atom. The minimum absolute atomic E-state index is 0. The summed E-state index contributed by atoms with van der Waals surface area (Å²) in [6.07, 6.45) is 5.21. The maximum Gasteiger partial charge on any atom is 0.123 e. The van der Waals surface area contributed by atoms with Crippen LogP contribution in [0.4, 0.5) is 4.39 Å². The molecule has 24 heavy (non-hydrogen) atoms. The zero-order valence-electron chi connectivity index (χ0n) is 13.6. The van der Waals surface area contributed by atoms with Gasteiger partial charge >= 0.3 is 0 Å². The summed E-state index contributed by atoms with van der Waals surface area (Å²) in [5.74, 6) is -0.169. The molecule has 2 nitrogen and oxygen atoms in total. The van der Waals surface area contributed by atoms with Crippen molar-refractivity contribution in [2.45, 2.75) is 13.0 Å². The maximum absolute atomic E-state index is 13.7. The van der Waals surface area contributed by atoms with Crippen LogP contribution in [0.1, 0.15) is 16.8 Å². The van der Waals surface area contributed by atoms with Gasteiger partial charge in [-0.3, -0.25) is 0 Å². The van der Waals surface area contributed by atoms with E-state index in [2.05, 4.69) is 40.9 Å². The number of likely N-dealkylation sites (N-methyl/N-ethyl adjacent to an activating group) is 1. The van der Waals surface area contributed by atoms with Gasteiger partial charge in [-0.05, 0) is 42.4 Å². The first-order valence-electron chi connectivity index (χ1n) is 7.95. The third-order valence-electron chi connectivity index (χ3n) is 4.56. The fourth-order valence-corrected chi connectivity index (χ4v) is 3.39. The van der Waals surface area contributed by atoms with E-state index in [-0.39, 0.29) is 18.2 Å². The van der Waals surface area contributed by atoms with E-state index in [9.17, 15) is 4.39 Å². The van der Waals surface area contributed by atoms with E-state index in [1.54, 1.807) is 12.1 Å². The van der Waals surface area contributed by atoms with Gasteiger partial charge in [0.05, 0.1) is 5.52 Å². The number of hydrogen-bond acceptors (Lipinski definition) is 1. The largest absolute Gasteiger partial charge is 0.320 e. The summed E-state index contributed by atoms with van der Waals surface area (Å²) in [5.41, 5.74) is 4.80. The second-order valence-electron chi connectivity index (χ2n) is 6.17. The van der Waals surface area contributed by atoms with E-state index >= 15 is 0 Å². The lowest BCUT2D eigenvalue weighted by molar-refractivity contribution is 0.312. The molecule has 2 aromatic carbocycles. The molecule has 1 aromatic heterocycles. The highest BCUT2D eigenvalue weighted by Gasteiger charge is 2.21. The van der Waals surface area contributed by atoms with Gasteiger partial charge < -0.3 is 9.47 Å². The summed E-state index contributed by atoms with van der Waals surface area (Å²) in [6.45, 7) is 1.91. The molecule has 0 aliphatic carbocycles. The van der Waals surface area contributed by atoms with Crippen LogP contribution in [-0.4, -0.2) is 23.1 Å². The van der Waals surface area contributed by atoms with Crippen molar-refractivity contribution in [2.24, 2.45) is 0 Å². The van der Waals surface area contributed by atoms with Crippen molar-refractivity contribution in [2.75, 3.05) is 13.6 Å². The van der Waals surface area contributed by atoms with Crippen molar-refractivity contribution in [3.8, 4) is 0 Å². The molecule has 1 aliphatic rings. The molecule has 0 bridgehead atoms. The van der Waals surface area contributed by atoms with Gasteiger partial charge in [0, 0.05) is 36.8 Å². The van der Waals surface area contributed by atoms with Crippen LogP contribution >= 0.6 is 12.4 Å². The Labute approximate surface area is 147 Å². The van der Waals surface area contributed by atoms with E-state index in [0.29, 0.717) is 0 Å². The summed E-state index contributed by atoms with van der Waals surface area (Å²) in [4.78, 5) is 2.29. The molecule has 0 atom stereocenters. The smallest absolute Gasteiger partial charge is 0.123 e. The Bertz CT molecular complexity index is 884. The molecule has 2 heterocycles. The number of hydrogen-bond donors (Lipinski definition) is 0. The van der Waals surface area contributed by atoms with Gasteiger partial charge in [-0.25, -0.2) is 4.39 Å². The second kappa shape index (κ2) is 6.80. The van der Waals surface area contributed by atoms with E-state index in [1.807, 2.05) is 24.3 Å². The average Bonchev–Trinajstić information content (AvgIpc) is 2.86. The fraction of sp³-hybridized carbons (Fsp3) is 0.200. The van der Waals surface area contributed by atoms with E-state index in [1.165, 1.54) is 11.3 Å². The first-order valence-corrected chi connectivity index (χ1v) is 7.95. The molecule has 4 rings (SSSR count). The van der Waals surface area contributed by atoms with E-state index < -0.39 is 0 Å². The van der Waals surface area contributed by atoms with Crippen LogP contribution < -0.4 is 0 Å². The van der Waals surface area contributed by atoms with Gasteiger partial charge in [0.15, 0.2) is 0 Å². The van der Waals surface area contributed by atoms with Crippen LogP contribution in [0.5, 0.6) is 0 Å². The molecule has 124 valence electrons. The van der Waals surface area contributed by atoms with Crippen molar-refractivity contribution in [1.29, 1.82) is 0 Å². The SMILES string of the molecule is CN1CCc2c(c3cc(F)ccc3n2/C=C/c2ccccc2)C1.Cl. The van der Waals surface area contributed by atoms with Crippen molar-refractivity contribution < 1.29 is 4.39 Å². The minimum atomic E-state index is -0.169. The lowest BCUT2D eigenvalue weighted by atomic mass is 10.1. The predicted octanol–water partition coefficient (Wildman–Crippen LogP) is 4.82. The summed E-state index contributed by atoms with van der Waals surface area (Å²) in [5, 5.41) is 1.03. The van der Waals surface area contributed by atoms with Crippen LogP contribution in [0.15, 0.2) is 48.5 Å². The number of aromatic nitrogens is 1. The van der Waals surface area contributed by atoms with Gasteiger partial charge in [0.1, 0.15) is 5.82 Å². The van der Waals surface area contributed by atoms with Gasteiger partial charge in [-0.2, -0.15) is 0 Å². The van der Waals surface area contributed by atoms with Crippen LogP contribution in [0.2, 0.25) is 0 Å². The normalized spacial score (nSPS) is 14.8. The first-order chi connectivity index (χ1) is 11.2. The standard InChI is InChI=1S/C20H19FN2.ClH/c1-22-11-10-20-18(14-22)17-13-16(21)7-8-19(17)23(20)12-9-15-5-3-2-4-6-15;/h2-9,12-13H,10-11,14H2,1H3;1H/b12-9+;. The van der Waals surface area contributed by atoms with Crippen LogP contribution in [0.3, 0.4) is 0 Å². The second-order valence-corrected chi connectivity index (χ2v) is 6.17. The molecule has 0 radical (unpaired) electrons. The van der Waals surface area contributed by atoms with Gasteiger partial charge in [-0.1, -0.05) is 30.3 Å². The molecule has 3 aromatic rings. The molecule has 0 saturated carbocycles. The molecule has 0 spiro atoms. The predicted molar refractivity (Wildman–Crippen MR) is 101 cm³/mol. The Morgan fingerprint density at radius 1 is 1.08 bits per heavy atom. The van der Waals surface area contributed by atoms with Gasteiger partial charge in [-0.15, -0.1) is 12.4 Å². The zero-order valence-corrected chi connectivity index (χ0v) is 14.4. The molecule has 0 fully saturated rings. The molecular formula is C20H20ClFN2. The highest BCUT2D eigenvalue weighted by Crippen LogP contribution is 2.31. The Balaban J connectivity index is 0.00000169. The molecule has 0 amide bonds. The monoisotopic (exact) mass is 342 g/mol. The Morgan fingerprint density at radius 2 is 1.88 bits per heavy atom. The molecule has 4 heteroatoms. The van der Waals surface area contributed by atoms with E-state index in [0.717, 1.165) is 36.0 Å². The summed E-state index contributed by atoms with van der Waals surface area (Å²) < 4.78 is 15.9. The third-order valence-corrected chi connectivity index (χ3v) is 4.56. The lowest BCUT2D eigenvalue weighted by Gasteiger charge is -2.23. The molecule has 0 N–H and O–H groups in total. The van der Waals surface area contributed by atoms with Crippen LogP contribution in [-0.2, 0) is 13.0 Å². The van der Waals surface area contributed by atoms with Gasteiger partial charge in [0.2, 0.25) is 0 Å². The topological polar surface area (TPSA) is 8.17 Å². The maximum atomic E-state index is 13.7. The fourth-order valence-electron chi connectivity index (χ4n) is 3.39. The number of benzene rings is 2. The number of rotatable bonds is 2. The summed E-state index contributed by atoms with van der Waals surface area (Å²) in [7, 11) is 2.12. The van der Waals surface area contributed by atoms with Crippen LogP contribution in [0.25, 0.3) is 23.2 Å².